The fraction of sp³-hybridized carbons (Fsp3) is 0.500. The number of nitrogens with one attached hydrogen (secondary N) is 1. The summed E-state index contributed by atoms with van der Waals surface area (Å²) in [5, 5.41) is 4.24. The van der Waals surface area contributed by atoms with Gasteiger partial charge >= 0.3 is 0 Å². The Bertz CT molecular complexity index is 803. The van der Waals surface area contributed by atoms with Gasteiger partial charge in [0.2, 0.25) is 5.89 Å². The van der Waals surface area contributed by atoms with Crippen molar-refractivity contribution in [3.8, 4) is 0 Å². The minimum Gasteiger partial charge on any atom is -0.384 e. The maximum atomic E-state index is 12.9. The van der Waals surface area contributed by atoms with Crippen molar-refractivity contribution in [2.24, 2.45) is 0 Å². The molecule has 0 bridgehead atoms. The minimum absolute atomic E-state index is 0.0125. The van der Waals surface area contributed by atoms with E-state index in [0.717, 1.165) is 12.8 Å². The van der Waals surface area contributed by atoms with Gasteiger partial charge < -0.3 is 19.1 Å². The third-order valence-electron chi connectivity index (χ3n) is 4.16. The standard InChI is InChI=1S/C16H19ClN4O4/c1-24-7-5-13-19-15(25-20-13)12-4-2-3-6-21(12)16(23)11-8-10(17)9-18-14(11)22/h8-9,12H,2-7H2,1H3,(H,18,22)/t12-/m1/s1. The van der Waals surface area contributed by atoms with Crippen molar-refractivity contribution >= 4 is 17.5 Å². The zero-order valence-corrected chi connectivity index (χ0v) is 14.6. The fourth-order valence-electron chi connectivity index (χ4n) is 2.90. The Labute approximate surface area is 149 Å². The highest BCUT2D eigenvalue weighted by Crippen LogP contribution is 2.31. The molecule has 0 saturated carbocycles. The first-order valence-corrected chi connectivity index (χ1v) is 8.48. The lowest BCUT2D eigenvalue weighted by molar-refractivity contribution is 0.0559. The van der Waals surface area contributed by atoms with Crippen LogP contribution < -0.4 is 5.56 Å². The van der Waals surface area contributed by atoms with E-state index in [1.54, 1.807) is 12.0 Å². The number of ether oxygens (including phenoxy) is 1. The largest absolute Gasteiger partial charge is 0.384 e. The lowest BCUT2D eigenvalue weighted by Crippen LogP contribution is -2.40. The summed E-state index contributed by atoms with van der Waals surface area (Å²) in [6, 6.07) is 1.04. The maximum Gasteiger partial charge on any atom is 0.260 e. The molecule has 1 aliphatic heterocycles. The summed E-state index contributed by atoms with van der Waals surface area (Å²) < 4.78 is 10.4. The molecule has 3 heterocycles. The molecule has 1 N–H and O–H groups in total. The van der Waals surface area contributed by atoms with Crippen LogP contribution in [0.25, 0.3) is 0 Å². The molecule has 8 nitrogen and oxygen atoms in total. The summed E-state index contributed by atoms with van der Waals surface area (Å²) in [6.45, 7) is 1.01. The van der Waals surface area contributed by atoms with Crippen LogP contribution >= 0.6 is 11.6 Å². The van der Waals surface area contributed by atoms with Gasteiger partial charge in [0.05, 0.1) is 11.6 Å². The van der Waals surface area contributed by atoms with Crippen LogP contribution in [0, 0.1) is 0 Å². The molecule has 1 saturated heterocycles. The number of aromatic nitrogens is 3. The number of piperidine rings is 1. The highest BCUT2D eigenvalue weighted by Gasteiger charge is 2.33. The highest BCUT2D eigenvalue weighted by atomic mass is 35.5. The number of hydrogen-bond acceptors (Lipinski definition) is 6. The van der Waals surface area contributed by atoms with E-state index in [1.807, 2.05) is 0 Å². The minimum atomic E-state index is -0.468. The smallest absolute Gasteiger partial charge is 0.260 e. The quantitative estimate of drug-likeness (QED) is 0.868. The maximum absolute atomic E-state index is 12.9. The van der Waals surface area contributed by atoms with Crippen molar-refractivity contribution < 1.29 is 14.1 Å². The number of aromatic amines is 1. The first-order chi connectivity index (χ1) is 12.1. The summed E-state index contributed by atoms with van der Waals surface area (Å²) in [6.07, 6.45) is 4.39. The molecular weight excluding hydrogens is 348 g/mol. The molecule has 2 aromatic rings. The second-order valence-electron chi connectivity index (χ2n) is 5.86. The summed E-state index contributed by atoms with van der Waals surface area (Å²) in [5.74, 6) is 0.540. The van der Waals surface area contributed by atoms with Crippen LogP contribution in [0.3, 0.4) is 0 Å². The Hall–Kier alpha value is -2.19. The number of hydrogen-bond donors (Lipinski definition) is 1. The molecule has 0 aromatic carbocycles. The van der Waals surface area contributed by atoms with Crippen molar-refractivity contribution in [2.45, 2.75) is 31.7 Å². The molecule has 0 unspecified atom stereocenters. The summed E-state index contributed by atoms with van der Waals surface area (Å²) >= 11 is 5.91. The van der Waals surface area contributed by atoms with E-state index in [9.17, 15) is 9.59 Å². The van der Waals surface area contributed by atoms with E-state index in [4.69, 9.17) is 20.9 Å². The molecule has 134 valence electrons. The zero-order chi connectivity index (χ0) is 17.8. The van der Waals surface area contributed by atoms with Gasteiger partial charge in [-0.2, -0.15) is 4.98 Å². The van der Waals surface area contributed by atoms with Gasteiger partial charge in [0.25, 0.3) is 11.5 Å². The molecule has 25 heavy (non-hydrogen) atoms. The Morgan fingerprint density at radius 2 is 2.36 bits per heavy atom. The second kappa shape index (κ2) is 7.79. The Morgan fingerprint density at radius 1 is 1.52 bits per heavy atom. The molecule has 1 fully saturated rings. The van der Waals surface area contributed by atoms with Crippen LogP contribution in [0.2, 0.25) is 5.02 Å². The molecule has 3 rings (SSSR count). The van der Waals surface area contributed by atoms with Gasteiger partial charge in [-0.25, -0.2) is 0 Å². The predicted octanol–water partition coefficient (Wildman–Crippen LogP) is 1.97. The van der Waals surface area contributed by atoms with E-state index in [0.29, 0.717) is 42.7 Å². The van der Waals surface area contributed by atoms with Gasteiger partial charge in [0.1, 0.15) is 11.6 Å². The number of pyridine rings is 1. The van der Waals surface area contributed by atoms with E-state index >= 15 is 0 Å². The second-order valence-corrected chi connectivity index (χ2v) is 6.30. The molecular formula is C16H19ClN4O4. The van der Waals surface area contributed by atoms with Crippen molar-refractivity contribution in [3.05, 3.63) is 44.9 Å². The van der Waals surface area contributed by atoms with E-state index in [2.05, 4.69) is 15.1 Å². The van der Waals surface area contributed by atoms with Crippen LogP contribution in [0.15, 0.2) is 21.6 Å². The van der Waals surface area contributed by atoms with Crippen LogP contribution in [0.4, 0.5) is 0 Å². The molecule has 2 aromatic heterocycles. The Balaban J connectivity index is 1.85. The molecule has 1 aliphatic rings. The number of likely N-dealkylation sites (tertiary alicyclic amines) is 1. The van der Waals surface area contributed by atoms with E-state index in [-0.39, 0.29) is 17.5 Å². The Kier molecular flexibility index (Phi) is 5.50. The number of carbonyl (C=O) groups is 1. The molecule has 0 aliphatic carbocycles. The third-order valence-corrected chi connectivity index (χ3v) is 4.38. The van der Waals surface area contributed by atoms with Crippen molar-refractivity contribution in [3.63, 3.8) is 0 Å². The summed E-state index contributed by atoms with van der Waals surface area (Å²) in [4.78, 5) is 33.3. The van der Waals surface area contributed by atoms with Crippen LogP contribution in [0.1, 0.15) is 47.4 Å². The zero-order valence-electron chi connectivity index (χ0n) is 13.8. The number of amides is 1. The monoisotopic (exact) mass is 366 g/mol. The highest BCUT2D eigenvalue weighted by molar-refractivity contribution is 6.30. The average molecular weight is 367 g/mol. The SMILES string of the molecule is COCCc1noc([C@H]2CCCCN2C(=O)c2cc(Cl)c[nH]c2=O)n1. The first kappa shape index (κ1) is 17.6. The number of H-pyrrole nitrogens is 1. The van der Waals surface area contributed by atoms with Crippen LogP contribution in [-0.2, 0) is 11.2 Å². The van der Waals surface area contributed by atoms with Gasteiger partial charge in [-0.15, -0.1) is 0 Å². The molecule has 9 heteroatoms. The lowest BCUT2D eigenvalue weighted by atomic mass is 10.0. The van der Waals surface area contributed by atoms with Gasteiger partial charge in [-0.05, 0) is 25.3 Å². The topological polar surface area (TPSA) is 101 Å². The van der Waals surface area contributed by atoms with E-state index < -0.39 is 5.56 Å². The van der Waals surface area contributed by atoms with Crippen molar-refractivity contribution in [2.75, 3.05) is 20.3 Å². The summed E-state index contributed by atoms with van der Waals surface area (Å²) in [5.41, 5.74) is -0.455. The number of nitrogens with zero attached hydrogens (tertiary/aromatic N) is 3. The van der Waals surface area contributed by atoms with Crippen LogP contribution in [-0.4, -0.2) is 46.2 Å². The normalized spacial score (nSPS) is 17.7. The Morgan fingerprint density at radius 3 is 3.16 bits per heavy atom. The summed E-state index contributed by atoms with van der Waals surface area (Å²) in [7, 11) is 1.60. The average Bonchev–Trinajstić information content (AvgIpc) is 3.10. The van der Waals surface area contributed by atoms with E-state index in [1.165, 1.54) is 12.3 Å². The fourth-order valence-corrected chi connectivity index (χ4v) is 3.06. The number of carbonyl (C=O) groups excluding carboxylic acids is 1. The van der Waals surface area contributed by atoms with Crippen LogP contribution in [0.5, 0.6) is 0 Å². The molecule has 0 spiro atoms. The van der Waals surface area contributed by atoms with Gasteiger partial charge in [-0.1, -0.05) is 16.8 Å². The number of halogens is 1. The van der Waals surface area contributed by atoms with Gasteiger partial charge in [0.15, 0.2) is 5.82 Å². The molecule has 0 radical (unpaired) electrons. The predicted molar refractivity (Wildman–Crippen MR) is 89.6 cm³/mol. The first-order valence-electron chi connectivity index (χ1n) is 8.10. The lowest BCUT2D eigenvalue weighted by Gasteiger charge is -2.33. The van der Waals surface area contributed by atoms with Gasteiger partial charge in [0, 0.05) is 26.3 Å². The van der Waals surface area contributed by atoms with Crippen molar-refractivity contribution in [1.82, 2.24) is 20.0 Å². The third kappa shape index (κ3) is 3.91. The van der Waals surface area contributed by atoms with Crippen molar-refractivity contribution in [1.29, 1.82) is 0 Å². The number of methoxy groups -OCH3 is 1. The molecule has 1 amide bonds. The van der Waals surface area contributed by atoms with Gasteiger partial charge in [-0.3, -0.25) is 9.59 Å². The number of rotatable bonds is 5. The molecule has 1 atom stereocenters.